The first-order valence-corrected chi connectivity index (χ1v) is 9.25. The van der Waals surface area contributed by atoms with Crippen molar-refractivity contribution in [3.63, 3.8) is 0 Å². The molecule has 1 aliphatic heterocycles. The third kappa shape index (κ3) is 7.67. The van der Waals surface area contributed by atoms with E-state index in [4.69, 9.17) is 9.47 Å². The van der Waals surface area contributed by atoms with Crippen LogP contribution in [-0.4, -0.2) is 50.6 Å². The Kier molecular flexibility index (Phi) is 11.4. The molecule has 3 N–H and O–H groups in total. The SMILES string of the molecule is C=CCOc1ccccc1CN=C(NCC)NCC1(CCO)CCOC1.I. The number of aliphatic imine (C=N–C) groups is 1. The van der Waals surface area contributed by atoms with Gasteiger partial charge < -0.3 is 25.2 Å². The molecule has 1 atom stereocenters. The van der Waals surface area contributed by atoms with Gasteiger partial charge in [-0.1, -0.05) is 30.9 Å². The van der Waals surface area contributed by atoms with E-state index in [0.717, 1.165) is 49.8 Å². The molecular formula is C20H32IN3O3. The highest BCUT2D eigenvalue weighted by molar-refractivity contribution is 14.0. The molecule has 1 saturated heterocycles. The number of rotatable bonds is 10. The van der Waals surface area contributed by atoms with Crippen LogP contribution in [0.2, 0.25) is 0 Å². The third-order valence-electron chi connectivity index (χ3n) is 4.54. The third-order valence-corrected chi connectivity index (χ3v) is 4.54. The molecule has 7 heteroatoms. The van der Waals surface area contributed by atoms with Gasteiger partial charge in [-0.05, 0) is 25.8 Å². The number of hydrogen-bond donors (Lipinski definition) is 3. The van der Waals surface area contributed by atoms with Crippen LogP contribution in [0.25, 0.3) is 0 Å². The molecule has 0 bridgehead atoms. The van der Waals surface area contributed by atoms with Crippen LogP contribution < -0.4 is 15.4 Å². The summed E-state index contributed by atoms with van der Waals surface area (Å²) in [7, 11) is 0. The van der Waals surface area contributed by atoms with Crippen molar-refractivity contribution in [3.8, 4) is 5.75 Å². The molecule has 0 radical (unpaired) electrons. The molecule has 0 saturated carbocycles. The molecule has 2 rings (SSSR count). The maximum absolute atomic E-state index is 9.36. The second-order valence-electron chi connectivity index (χ2n) is 6.53. The zero-order valence-electron chi connectivity index (χ0n) is 16.1. The fourth-order valence-electron chi connectivity index (χ4n) is 3.01. The van der Waals surface area contributed by atoms with Gasteiger partial charge in [0.15, 0.2) is 5.96 Å². The minimum atomic E-state index is -0.0179. The zero-order chi connectivity index (χ0) is 18.7. The zero-order valence-corrected chi connectivity index (χ0v) is 18.4. The van der Waals surface area contributed by atoms with Crippen LogP contribution in [0.4, 0.5) is 0 Å². The van der Waals surface area contributed by atoms with Crippen molar-refractivity contribution in [2.75, 3.05) is 39.5 Å². The topological polar surface area (TPSA) is 75.1 Å². The molecule has 1 fully saturated rings. The normalized spacial score (nSPS) is 19.3. The Morgan fingerprint density at radius 1 is 1.41 bits per heavy atom. The first kappa shape index (κ1) is 23.7. The van der Waals surface area contributed by atoms with Crippen molar-refractivity contribution in [2.24, 2.45) is 10.4 Å². The number of benzene rings is 1. The quantitative estimate of drug-likeness (QED) is 0.204. The Labute approximate surface area is 179 Å². The predicted octanol–water partition coefficient (Wildman–Crippen LogP) is 2.71. The number of nitrogens with zero attached hydrogens (tertiary/aromatic N) is 1. The van der Waals surface area contributed by atoms with E-state index in [1.165, 1.54) is 0 Å². The lowest BCUT2D eigenvalue weighted by Gasteiger charge is -2.27. The number of aliphatic hydroxyl groups is 1. The fourth-order valence-corrected chi connectivity index (χ4v) is 3.01. The van der Waals surface area contributed by atoms with E-state index in [1.54, 1.807) is 6.08 Å². The summed E-state index contributed by atoms with van der Waals surface area (Å²) in [5.74, 6) is 1.59. The number of aliphatic hydroxyl groups excluding tert-OH is 1. The van der Waals surface area contributed by atoms with E-state index < -0.39 is 0 Å². The van der Waals surface area contributed by atoms with Crippen molar-refractivity contribution in [2.45, 2.75) is 26.3 Å². The molecule has 6 nitrogen and oxygen atoms in total. The second kappa shape index (κ2) is 13.0. The van der Waals surface area contributed by atoms with Gasteiger partial charge in [0.05, 0.1) is 13.2 Å². The molecule has 0 amide bonds. The average Bonchev–Trinajstić information content (AvgIpc) is 3.12. The van der Waals surface area contributed by atoms with Crippen LogP contribution in [0.3, 0.4) is 0 Å². The summed E-state index contributed by atoms with van der Waals surface area (Å²) in [5, 5.41) is 16.1. The van der Waals surface area contributed by atoms with Crippen LogP contribution >= 0.6 is 24.0 Å². The highest BCUT2D eigenvalue weighted by Crippen LogP contribution is 2.31. The largest absolute Gasteiger partial charge is 0.489 e. The van der Waals surface area contributed by atoms with Crippen LogP contribution in [0.1, 0.15) is 25.3 Å². The van der Waals surface area contributed by atoms with Crippen LogP contribution in [0, 0.1) is 5.41 Å². The predicted molar refractivity (Wildman–Crippen MR) is 120 cm³/mol. The van der Waals surface area contributed by atoms with E-state index >= 15 is 0 Å². The summed E-state index contributed by atoms with van der Waals surface area (Å²) >= 11 is 0. The van der Waals surface area contributed by atoms with Gasteiger partial charge >= 0.3 is 0 Å². The summed E-state index contributed by atoms with van der Waals surface area (Å²) in [6.07, 6.45) is 3.42. The van der Waals surface area contributed by atoms with Crippen molar-refractivity contribution >= 4 is 29.9 Å². The van der Waals surface area contributed by atoms with Gasteiger partial charge in [-0.3, -0.25) is 0 Å². The van der Waals surface area contributed by atoms with Gasteiger partial charge in [0.2, 0.25) is 0 Å². The van der Waals surface area contributed by atoms with Gasteiger partial charge in [0.1, 0.15) is 12.4 Å². The highest BCUT2D eigenvalue weighted by Gasteiger charge is 2.34. The molecule has 1 unspecified atom stereocenters. The Morgan fingerprint density at radius 3 is 2.89 bits per heavy atom. The molecule has 0 aliphatic carbocycles. The van der Waals surface area contributed by atoms with Crippen LogP contribution in [0.15, 0.2) is 41.9 Å². The van der Waals surface area contributed by atoms with Gasteiger partial charge in [-0.2, -0.15) is 0 Å². The number of ether oxygens (including phenoxy) is 2. The molecule has 0 spiro atoms. The van der Waals surface area contributed by atoms with Gasteiger partial charge in [-0.15, -0.1) is 24.0 Å². The molecule has 0 aromatic heterocycles. The first-order valence-electron chi connectivity index (χ1n) is 9.25. The molecule has 1 heterocycles. The highest BCUT2D eigenvalue weighted by atomic mass is 127. The lowest BCUT2D eigenvalue weighted by atomic mass is 9.84. The van der Waals surface area contributed by atoms with Gasteiger partial charge in [-0.25, -0.2) is 4.99 Å². The minimum absolute atomic E-state index is 0. The van der Waals surface area contributed by atoms with Crippen molar-refractivity contribution in [1.82, 2.24) is 10.6 Å². The Bertz CT molecular complexity index is 590. The lowest BCUT2D eigenvalue weighted by molar-refractivity contribution is 0.127. The lowest BCUT2D eigenvalue weighted by Crippen LogP contribution is -2.44. The molecule has 1 aromatic rings. The Hall–Kier alpha value is -1.32. The smallest absolute Gasteiger partial charge is 0.191 e. The summed E-state index contributed by atoms with van der Waals surface area (Å²) in [4.78, 5) is 4.69. The van der Waals surface area contributed by atoms with Gasteiger partial charge in [0, 0.05) is 37.3 Å². The monoisotopic (exact) mass is 489 g/mol. The summed E-state index contributed by atoms with van der Waals surface area (Å²) < 4.78 is 11.2. The van der Waals surface area contributed by atoms with Gasteiger partial charge in [0.25, 0.3) is 0 Å². The molecule has 27 heavy (non-hydrogen) atoms. The first-order chi connectivity index (χ1) is 12.7. The summed E-state index contributed by atoms with van der Waals surface area (Å²) in [5.41, 5.74) is 1.01. The van der Waals surface area contributed by atoms with Crippen molar-refractivity contribution in [3.05, 3.63) is 42.5 Å². The standard InChI is InChI=1S/C20H31N3O3.HI/c1-3-12-26-18-8-6-5-7-17(18)14-22-19(21-4-2)23-15-20(9-11-24)10-13-25-16-20;/h3,5-8,24H,1,4,9-16H2,2H3,(H2,21,22,23);1H. The number of hydrogen-bond acceptors (Lipinski definition) is 4. The Balaban J connectivity index is 0.00000364. The average molecular weight is 489 g/mol. The number of guanidine groups is 1. The van der Waals surface area contributed by atoms with E-state index in [0.29, 0.717) is 19.8 Å². The van der Waals surface area contributed by atoms with Crippen molar-refractivity contribution < 1.29 is 14.6 Å². The van der Waals surface area contributed by atoms with Crippen molar-refractivity contribution in [1.29, 1.82) is 0 Å². The van der Waals surface area contributed by atoms with E-state index in [2.05, 4.69) is 22.2 Å². The van der Waals surface area contributed by atoms with Crippen LogP contribution in [0.5, 0.6) is 5.75 Å². The van der Waals surface area contributed by atoms with E-state index in [-0.39, 0.29) is 36.0 Å². The molecular weight excluding hydrogens is 457 g/mol. The maximum Gasteiger partial charge on any atom is 0.191 e. The number of para-hydroxylation sites is 1. The van der Waals surface area contributed by atoms with E-state index in [1.807, 2.05) is 31.2 Å². The number of halogens is 1. The maximum atomic E-state index is 9.36. The van der Waals surface area contributed by atoms with E-state index in [9.17, 15) is 5.11 Å². The molecule has 1 aromatic carbocycles. The van der Waals surface area contributed by atoms with Crippen LogP contribution in [-0.2, 0) is 11.3 Å². The number of nitrogens with one attached hydrogen (secondary N) is 2. The summed E-state index contributed by atoms with van der Waals surface area (Å²) in [6.45, 7) is 9.84. The second-order valence-corrected chi connectivity index (χ2v) is 6.53. The molecule has 1 aliphatic rings. The fraction of sp³-hybridized carbons (Fsp3) is 0.550. The summed E-state index contributed by atoms with van der Waals surface area (Å²) in [6, 6.07) is 7.90. The Morgan fingerprint density at radius 2 is 2.22 bits per heavy atom. The minimum Gasteiger partial charge on any atom is -0.489 e. The molecule has 152 valence electrons.